The van der Waals surface area contributed by atoms with E-state index in [4.69, 9.17) is 14.8 Å². The van der Waals surface area contributed by atoms with Gasteiger partial charge in [-0.15, -0.1) is 0 Å². The molecule has 0 spiro atoms. The minimum Gasteiger partial charge on any atom is -0.479 e. The van der Waals surface area contributed by atoms with Crippen molar-refractivity contribution in [2.45, 2.75) is 38.8 Å². The maximum absolute atomic E-state index is 9.77. The highest BCUT2D eigenvalue weighted by Crippen LogP contribution is 2.34. The molecule has 33 heavy (non-hydrogen) atoms. The van der Waals surface area contributed by atoms with Crippen LogP contribution in [0, 0.1) is 6.92 Å². The number of aliphatic hydroxyl groups excluding tert-OH is 1. The van der Waals surface area contributed by atoms with Gasteiger partial charge in [0.25, 0.3) is 0 Å². The molecule has 0 bridgehead atoms. The number of rotatable bonds is 6. The molecule has 1 aromatic carbocycles. The minimum absolute atomic E-state index is 0.0235. The third-order valence-corrected chi connectivity index (χ3v) is 5.94. The second kappa shape index (κ2) is 8.99. The molecule has 5 rings (SSSR count). The summed E-state index contributed by atoms with van der Waals surface area (Å²) in [4.78, 5) is 13.7. The van der Waals surface area contributed by atoms with Crippen molar-refractivity contribution in [2.24, 2.45) is 0 Å². The number of aryl methyl sites for hydroxylation is 2. The molecule has 1 aliphatic rings. The smallest absolute Gasteiger partial charge is 0.238 e. The lowest BCUT2D eigenvalue weighted by molar-refractivity contribution is 0.279. The van der Waals surface area contributed by atoms with Gasteiger partial charge in [0.15, 0.2) is 5.82 Å². The van der Waals surface area contributed by atoms with Crippen LogP contribution in [0.15, 0.2) is 48.9 Å². The number of aliphatic hydroxyl groups is 1. The molecule has 0 fully saturated rings. The quantitative estimate of drug-likeness (QED) is 0.489. The summed E-state index contributed by atoms with van der Waals surface area (Å²) in [5.74, 6) is 2.24. The zero-order valence-corrected chi connectivity index (χ0v) is 18.7. The second-order valence-electron chi connectivity index (χ2n) is 8.12. The molecule has 168 valence electrons. The van der Waals surface area contributed by atoms with Crippen LogP contribution < -0.4 is 4.74 Å². The van der Waals surface area contributed by atoms with Gasteiger partial charge in [0.2, 0.25) is 5.88 Å². The maximum Gasteiger partial charge on any atom is 0.238 e. The first-order valence-electron chi connectivity index (χ1n) is 11.0. The van der Waals surface area contributed by atoms with E-state index in [-0.39, 0.29) is 12.5 Å². The number of fused-ring (bicyclic) bond motifs is 1. The van der Waals surface area contributed by atoms with Crippen molar-refractivity contribution < 1.29 is 9.84 Å². The van der Waals surface area contributed by atoms with Crippen LogP contribution >= 0.6 is 0 Å². The van der Waals surface area contributed by atoms with E-state index in [1.165, 1.54) is 0 Å². The standard InChI is InChI=1S/C25H26N6O2/c1-17-14-30(16-26-17)22-11-9-19(27-25(22)33-2)10-12-23-28-24-21(8-5-13-31(24)29-23)20-7-4-3-6-18(20)15-32/h3-4,6-7,9-12,14,16,21,32H,5,8,13,15H2,1-2H3/b12-10+. The number of nitrogens with zero attached hydrogens (tertiary/aromatic N) is 6. The molecule has 8 nitrogen and oxygen atoms in total. The average Bonchev–Trinajstić information content (AvgIpc) is 3.48. The molecule has 1 aliphatic heterocycles. The van der Waals surface area contributed by atoms with E-state index >= 15 is 0 Å². The fraction of sp³-hybridized carbons (Fsp3) is 0.280. The molecule has 0 amide bonds. The molecule has 0 radical (unpaired) electrons. The molecule has 8 heteroatoms. The fourth-order valence-corrected chi connectivity index (χ4v) is 4.35. The van der Waals surface area contributed by atoms with Gasteiger partial charge in [-0.05, 0) is 55.2 Å². The number of hydrogen-bond donors (Lipinski definition) is 1. The number of hydrogen-bond acceptors (Lipinski definition) is 6. The van der Waals surface area contributed by atoms with Crippen molar-refractivity contribution in [1.29, 1.82) is 0 Å². The molecule has 4 heterocycles. The van der Waals surface area contributed by atoms with Crippen LogP contribution in [0.5, 0.6) is 5.88 Å². The second-order valence-corrected chi connectivity index (χ2v) is 8.12. The third kappa shape index (κ3) is 4.17. The monoisotopic (exact) mass is 442 g/mol. The molecule has 3 aromatic heterocycles. The van der Waals surface area contributed by atoms with Gasteiger partial charge in [0.1, 0.15) is 11.5 Å². The van der Waals surface area contributed by atoms with E-state index in [1.54, 1.807) is 13.4 Å². The number of ether oxygens (including phenoxy) is 1. The lowest BCUT2D eigenvalue weighted by Crippen LogP contribution is -2.19. The predicted octanol–water partition coefficient (Wildman–Crippen LogP) is 3.76. The first-order valence-corrected chi connectivity index (χ1v) is 11.0. The summed E-state index contributed by atoms with van der Waals surface area (Å²) < 4.78 is 9.38. The van der Waals surface area contributed by atoms with Crippen molar-refractivity contribution in [3.8, 4) is 11.6 Å². The Morgan fingerprint density at radius 1 is 1.15 bits per heavy atom. The largest absolute Gasteiger partial charge is 0.479 e. The van der Waals surface area contributed by atoms with E-state index in [0.29, 0.717) is 11.7 Å². The van der Waals surface area contributed by atoms with E-state index in [2.05, 4.69) is 16.0 Å². The summed E-state index contributed by atoms with van der Waals surface area (Å²) in [5, 5.41) is 14.5. The normalized spacial score (nSPS) is 15.7. The van der Waals surface area contributed by atoms with Gasteiger partial charge in [0, 0.05) is 18.7 Å². The summed E-state index contributed by atoms with van der Waals surface area (Å²) in [6.07, 6.45) is 9.46. The van der Waals surface area contributed by atoms with Crippen molar-refractivity contribution in [3.05, 3.63) is 83.1 Å². The van der Waals surface area contributed by atoms with Crippen LogP contribution in [0.4, 0.5) is 0 Å². The topological polar surface area (TPSA) is 90.9 Å². The summed E-state index contributed by atoms with van der Waals surface area (Å²) in [6.45, 7) is 2.81. The van der Waals surface area contributed by atoms with Gasteiger partial charge in [-0.2, -0.15) is 5.10 Å². The van der Waals surface area contributed by atoms with Crippen LogP contribution in [0.1, 0.15) is 52.9 Å². The Morgan fingerprint density at radius 2 is 2.03 bits per heavy atom. The molecule has 0 saturated heterocycles. The zero-order chi connectivity index (χ0) is 22.8. The molecule has 1 N–H and O–H groups in total. The van der Waals surface area contributed by atoms with Gasteiger partial charge in [-0.1, -0.05) is 24.3 Å². The maximum atomic E-state index is 9.77. The highest BCUT2D eigenvalue weighted by molar-refractivity contribution is 5.65. The molecular formula is C25H26N6O2. The summed E-state index contributed by atoms with van der Waals surface area (Å²) in [5.41, 5.74) is 4.58. The molecule has 1 atom stereocenters. The van der Waals surface area contributed by atoms with Crippen molar-refractivity contribution in [1.82, 2.24) is 29.3 Å². The summed E-state index contributed by atoms with van der Waals surface area (Å²) in [7, 11) is 1.61. The van der Waals surface area contributed by atoms with Gasteiger partial charge < -0.3 is 14.4 Å². The van der Waals surface area contributed by atoms with Crippen LogP contribution in [0.25, 0.3) is 17.8 Å². The van der Waals surface area contributed by atoms with Gasteiger partial charge in [-0.25, -0.2) is 19.6 Å². The highest BCUT2D eigenvalue weighted by Gasteiger charge is 2.26. The number of imidazole rings is 1. The molecule has 4 aromatic rings. The molecule has 1 unspecified atom stereocenters. The summed E-state index contributed by atoms with van der Waals surface area (Å²) >= 11 is 0. The minimum atomic E-state index is 0.0235. The number of benzene rings is 1. The van der Waals surface area contributed by atoms with Crippen molar-refractivity contribution in [2.75, 3.05) is 7.11 Å². The number of aromatic nitrogens is 6. The van der Waals surface area contributed by atoms with Crippen molar-refractivity contribution >= 4 is 12.2 Å². The fourth-order valence-electron chi connectivity index (χ4n) is 4.35. The highest BCUT2D eigenvalue weighted by atomic mass is 16.5. The Bertz CT molecular complexity index is 1310. The molecule has 0 saturated carbocycles. The number of methoxy groups -OCH3 is 1. The predicted molar refractivity (Wildman–Crippen MR) is 125 cm³/mol. The third-order valence-electron chi connectivity index (χ3n) is 5.94. The SMILES string of the molecule is COc1nc(/C=C/c2nc3n(n2)CCCC3c2ccccc2CO)ccc1-n1cnc(C)c1. The Morgan fingerprint density at radius 3 is 2.82 bits per heavy atom. The van der Waals surface area contributed by atoms with Crippen LogP contribution in [-0.4, -0.2) is 41.5 Å². The van der Waals surface area contributed by atoms with Crippen LogP contribution in [0.2, 0.25) is 0 Å². The first-order chi connectivity index (χ1) is 16.2. The van der Waals surface area contributed by atoms with E-state index in [9.17, 15) is 5.11 Å². The van der Waals surface area contributed by atoms with Gasteiger partial charge in [-0.3, -0.25) is 0 Å². The molecular weight excluding hydrogens is 416 g/mol. The van der Waals surface area contributed by atoms with Crippen LogP contribution in [-0.2, 0) is 13.2 Å². The average molecular weight is 443 g/mol. The van der Waals surface area contributed by atoms with E-state index < -0.39 is 0 Å². The Hall–Kier alpha value is -3.78. The Kier molecular flexibility index (Phi) is 5.75. The lowest BCUT2D eigenvalue weighted by atomic mass is 9.88. The lowest BCUT2D eigenvalue weighted by Gasteiger charge is -2.24. The zero-order valence-electron chi connectivity index (χ0n) is 18.7. The van der Waals surface area contributed by atoms with Gasteiger partial charge in [0.05, 0.1) is 31.4 Å². The first kappa shape index (κ1) is 21.1. The van der Waals surface area contributed by atoms with Gasteiger partial charge >= 0.3 is 0 Å². The van der Waals surface area contributed by atoms with E-state index in [1.807, 2.05) is 64.9 Å². The van der Waals surface area contributed by atoms with Crippen molar-refractivity contribution in [3.63, 3.8) is 0 Å². The Labute approximate surface area is 192 Å². The summed E-state index contributed by atoms with van der Waals surface area (Å²) in [6, 6.07) is 11.9. The molecule has 0 aliphatic carbocycles. The van der Waals surface area contributed by atoms with Crippen LogP contribution in [0.3, 0.4) is 0 Å². The van der Waals surface area contributed by atoms with E-state index in [0.717, 1.165) is 53.4 Å². The number of pyridine rings is 1. The Balaban J connectivity index is 1.42.